The molecule has 0 aromatic carbocycles. The molecule has 1 aliphatic carbocycles. The highest BCUT2D eigenvalue weighted by Crippen LogP contribution is 2.34. The highest BCUT2D eigenvalue weighted by molar-refractivity contribution is 7.98. The van der Waals surface area contributed by atoms with Crippen molar-refractivity contribution in [1.29, 1.82) is 0 Å². The minimum atomic E-state index is -0.369. The van der Waals surface area contributed by atoms with Crippen molar-refractivity contribution >= 4 is 29.1 Å². The summed E-state index contributed by atoms with van der Waals surface area (Å²) in [6.45, 7) is 1.78. The van der Waals surface area contributed by atoms with Crippen molar-refractivity contribution in [1.82, 2.24) is 14.8 Å². The first kappa shape index (κ1) is 20.2. The SMILES string of the molecule is COC(=O)c1cc(CSc2nnc(Cc3cccs3)n2C2CCCCC2)oc1C. The van der Waals surface area contributed by atoms with E-state index in [2.05, 4.69) is 32.3 Å². The summed E-state index contributed by atoms with van der Waals surface area (Å²) in [5, 5.41) is 12.1. The molecule has 1 fully saturated rings. The predicted molar refractivity (Wildman–Crippen MR) is 114 cm³/mol. The van der Waals surface area contributed by atoms with Crippen molar-refractivity contribution in [3.8, 4) is 0 Å². The average Bonchev–Trinajstić information content (AvgIpc) is 3.47. The third-order valence-corrected chi connectivity index (χ3v) is 7.15. The van der Waals surface area contributed by atoms with Crippen molar-refractivity contribution in [3.05, 3.63) is 51.4 Å². The second kappa shape index (κ2) is 9.17. The monoisotopic (exact) mass is 431 g/mol. The molecular formula is C21H25N3O3S2. The first-order chi connectivity index (χ1) is 14.2. The van der Waals surface area contributed by atoms with Gasteiger partial charge in [0.25, 0.3) is 0 Å². The van der Waals surface area contributed by atoms with Gasteiger partial charge in [0, 0.05) is 17.3 Å². The number of hydrogen-bond acceptors (Lipinski definition) is 7. The number of aryl methyl sites for hydroxylation is 1. The van der Waals surface area contributed by atoms with Crippen LogP contribution in [0.3, 0.4) is 0 Å². The molecule has 1 saturated carbocycles. The van der Waals surface area contributed by atoms with E-state index in [-0.39, 0.29) is 5.97 Å². The topological polar surface area (TPSA) is 70.2 Å². The average molecular weight is 432 g/mol. The Labute approximate surface area is 178 Å². The summed E-state index contributed by atoms with van der Waals surface area (Å²) in [5.41, 5.74) is 0.482. The molecule has 0 aliphatic heterocycles. The van der Waals surface area contributed by atoms with Gasteiger partial charge in [0.1, 0.15) is 22.9 Å². The second-order valence-corrected chi connectivity index (χ2v) is 9.25. The highest BCUT2D eigenvalue weighted by atomic mass is 32.2. The van der Waals surface area contributed by atoms with Crippen molar-refractivity contribution in [3.63, 3.8) is 0 Å². The maximum Gasteiger partial charge on any atom is 0.341 e. The van der Waals surface area contributed by atoms with Crippen LogP contribution in [-0.4, -0.2) is 27.8 Å². The first-order valence-corrected chi connectivity index (χ1v) is 11.8. The Bertz CT molecular complexity index is 956. The number of thiophene rings is 1. The lowest BCUT2D eigenvalue weighted by Crippen LogP contribution is -2.16. The van der Waals surface area contributed by atoms with Gasteiger partial charge in [0.15, 0.2) is 5.16 Å². The molecule has 3 aromatic heterocycles. The second-order valence-electron chi connectivity index (χ2n) is 7.28. The molecule has 3 aromatic rings. The summed E-state index contributed by atoms with van der Waals surface area (Å²) < 4.78 is 12.9. The summed E-state index contributed by atoms with van der Waals surface area (Å²) in [7, 11) is 1.38. The molecule has 0 radical (unpaired) electrons. The third-order valence-electron chi connectivity index (χ3n) is 5.31. The normalized spacial score (nSPS) is 15.0. The van der Waals surface area contributed by atoms with Gasteiger partial charge in [-0.3, -0.25) is 0 Å². The molecule has 0 spiro atoms. The van der Waals surface area contributed by atoms with Crippen LogP contribution in [0.25, 0.3) is 0 Å². The van der Waals surface area contributed by atoms with Gasteiger partial charge in [-0.25, -0.2) is 4.79 Å². The Morgan fingerprint density at radius 1 is 1.34 bits per heavy atom. The number of hydrogen-bond donors (Lipinski definition) is 0. The molecule has 0 atom stereocenters. The number of carbonyl (C=O) groups is 1. The van der Waals surface area contributed by atoms with Crippen molar-refractivity contribution < 1.29 is 13.9 Å². The largest absolute Gasteiger partial charge is 0.465 e. The third kappa shape index (κ3) is 4.59. The van der Waals surface area contributed by atoms with Gasteiger partial charge in [-0.2, -0.15) is 0 Å². The summed E-state index contributed by atoms with van der Waals surface area (Å²) in [4.78, 5) is 13.1. The Balaban J connectivity index is 1.55. The summed E-state index contributed by atoms with van der Waals surface area (Å²) in [5.74, 6) is 2.59. The summed E-state index contributed by atoms with van der Waals surface area (Å²) in [6, 6.07) is 6.45. The van der Waals surface area contributed by atoms with Crippen LogP contribution < -0.4 is 0 Å². The van der Waals surface area contributed by atoms with Gasteiger partial charge in [0.05, 0.1) is 12.9 Å². The van der Waals surface area contributed by atoms with Crippen molar-refractivity contribution in [2.75, 3.05) is 7.11 Å². The van der Waals surface area contributed by atoms with E-state index in [1.54, 1.807) is 36.1 Å². The number of rotatable bonds is 7. The molecule has 0 saturated heterocycles. The van der Waals surface area contributed by atoms with Crippen molar-refractivity contribution in [2.45, 2.75) is 62.4 Å². The maximum absolute atomic E-state index is 11.8. The van der Waals surface area contributed by atoms with Gasteiger partial charge in [-0.15, -0.1) is 21.5 Å². The molecule has 0 bridgehead atoms. The zero-order valence-electron chi connectivity index (χ0n) is 16.7. The lowest BCUT2D eigenvalue weighted by atomic mass is 9.95. The van der Waals surface area contributed by atoms with Gasteiger partial charge in [-0.05, 0) is 37.3 Å². The number of esters is 1. The fourth-order valence-electron chi connectivity index (χ4n) is 3.86. The Hall–Kier alpha value is -2.06. The number of thioether (sulfide) groups is 1. The van der Waals surface area contributed by atoms with Gasteiger partial charge < -0.3 is 13.7 Å². The van der Waals surface area contributed by atoms with Crippen LogP contribution in [0.4, 0.5) is 0 Å². The molecule has 0 amide bonds. The summed E-state index contributed by atoms with van der Waals surface area (Å²) >= 11 is 3.37. The number of carbonyl (C=O) groups excluding carboxylic acids is 1. The van der Waals surface area contributed by atoms with E-state index in [0.717, 1.165) is 23.2 Å². The molecule has 6 nitrogen and oxygen atoms in total. The number of nitrogens with zero attached hydrogens (tertiary/aromatic N) is 3. The van der Waals surface area contributed by atoms with Crippen LogP contribution in [0.15, 0.2) is 33.2 Å². The molecule has 29 heavy (non-hydrogen) atoms. The van der Waals surface area contributed by atoms with E-state index >= 15 is 0 Å². The standard InChI is InChI=1S/C21H25N3O3S2/c1-14-18(20(25)26-2)11-16(27-14)13-29-21-23-22-19(12-17-9-6-10-28-17)24(21)15-7-4-3-5-8-15/h6,9-11,15H,3-5,7-8,12-13H2,1-2H3. The predicted octanol–water partition coefficient (Wildman–Crippen LogP) is 5.42. The Morgan fingerprint density at radius 2 is 2.17 bits per heavy atom. The smallest absolute Gasteiger partial charge is 0.341 e. The molecule has 3 heterocycles. The molecular weight excluding hydrogens is 406 g/mol. The lowest BCUT2D eigenvalue weighted by Gasteiger charge is -2.25. The Kier molecular flexibility index (Phi) is 6.40. The minimum Gasteiger partial charge on any atom is -0.465 e. The molecule has 0 unspecified atom stereocenters. The number of methoxy groups -OCH3 is 1. The van der Waals surface area contributed by atoms with E-state index < -0.39 is 0 Å². The number of ether oxygens (including phenoxy) is 1. The first-order valence-electron chi connectivity index (χ1n) is 9.92. The van der Waals surface area contributed by atoms with Crippen LogP contribution in [0.1, 0.15) is 70.7 Å². The molecule has 154 valence electrons. The Morgan fingerprint density at radius 3 is 2.90 bits per heavy atom. The van der Waals surface area contributed by atoms with E-state index in [9.17, 15) is 4.79 Å². The van der Waals surface area contributed by atoms with Crippen LogP contribution >= 0.6 is 23.1 Å². The molecule has 1 aliphatic rings. The van der Waals surface area contributed by atoms with E-state index in [1.165, 1.54) is 44.1 Å². The van der Waals surface area contributed by atoms with E-state index in [4.69, 9.17) is 9.15 Å². The lowest BCUT2D eigenvalue weighted by molar-refractivity contribution is 0.0599. The molecule has 0 N–H and O–H groups in total. The fourth-order valence-corrected chi connectivity index (χ4v) is 5.47. The highest BCUT2D eigenvalue weighted by Gasteiger charge is 2.24. The van der Waals surface area contributed by atoms with Crippen LogP contribution in [0, 0.1) is 6.92 Å². The summed E-state index contributed by atoms with van der Waals surface area (Å²) in [6.07, 6.45) is 6.98. The minimum absolute atomic E-state index is 0.369. The van der Waals surface area contributed by atoms with Crippen LogP contribution in [0.2, 0.25) is 0 Å². The van der Waals surface area contributed by atoms with Crippen LogP contribution in [0.5, 0.6) is 0 Å². The number of furan rings is 1. The van der Waals surface area contributed by atoms with Crippen LogP contribution in [-0.2, 0) is 16.9 Å². The van der Waals surface area contributed by atoms with Gasteiger partial charge >= 0.3 is 5.97 Å². The quantitative estimate of drug-likeness (QED) is 0.368. The molecule has 8 heteroatoms. The molecule has 4 rings (SSSR count). The van der Waals surface area contributed by atoms with E-state index in [0.29, 0.717) is 23.1 Å². The van der Waals surface area contributed by atoms with Crippen molar-refractivity contribution in [2.24, 2.45) is 0 Å². The van der Waals surface area contributed by atoms with Gasteiger partial charge in [-0.1, -0.05) is 37.1 Å². The fraction of sp³-hybridized carbons (Fsp3) is 0.476. The van der Waals surface area contributed by atoms with Gasteiger partial charge in [0.2, 0.25) is 0 Å². The van der Waals surface area contributed by atoms with E-state index in [1.807, 2.05) is 0 Å². The zero-order valence-corrected chi connectivity index (χ0v) is 18.4. The maximum atomic E-state index is 11.8. The number of aromatic nitrogens is 3. The zero-order chi connectivity index (χ0) is 20.2.